The molecule has 1 atom stereocenters. The van der Waals surface area contributed by atoms with Gasteiger partial charge < -0.3 is 5.32 Å². The number of Topliss-reactive ketones (excluding diaryl/α,β-unsaturated/α-hetero) is 3. The minimum atomic E-state index is -0.527. The monoisotopic (exact) mass is 433 g/mol. The summed E-state index contributed by atoms with van der Waals surface area (Å²) in [6.07, 6.45) is 1.91. The van der Waals surface area contributed by atoms with Crippen LogP contribution in [0.15, 0.2) is 75.5 Å². The molecule has 5 rings (SSSR count). The van der Waals surface area contributed by atoms with Crippen molar-refractivity contribution in [3.8, 4) is 0 Å². The van der Waals surface area contributed by atoms with Crippen molar-refractivity contribution in [2.45, 2.75) is 25.2 Å². The molecule has 0 aromatic heterocycles. The number of rotatable bonds is 1. The Morgan fingerprint density at radius 2 is 1.61 bits per heavy atom. The zero-order chi connectivity index (χ0) is 19.4. The van der Waals surface area contributed by atoms with Gasteiger partial charge in [0.15, 0.2) is 11.6 Å². The number of fused-ring (bicyclic) bond motifs is 1. The minimum absolute atomic E-state index is 0.0457. The summed E-state index contributed by atoms with van der Waals surface area (Å²) < 4.78 is 0.867. The van der Waals surface area contributed by atoms with Crippen molar-refractivity contribution in [2.24, 2.45) is 0 Å². The van der Waals surface area contributed by atoms with Gasteiger partial charge in [-0.1, -0.05) is 52.3 Å². The summed E-state index contributed by atoms with van der Waals surface area (Å²) in [5.41, 5.74) is 3.77. The third-order valence-electron chi connectivity index (χ3n) is 5.65. The van der Waals surface area contributed by atoms with Crippen LogP contribution in [-0.4, -0.2) is 17.3 Å². The van der Waals surface area contributed by atoms with Gasteiger partial charge >= 0.3 is 0 Å². The molecule has 1 heterocycles. The van der Waals surface area contributed by atoms with E-state index in [1.807, 2.05) is 24.3 Å². The molecule has 1 aliphatic heterocycles. The smallest absolute Gasteiger partial charge is 0.210 e. The highest BCUT2D eigenvalue weighted by molar-refractivity contribution is 9.10. The lowest BCUT2D eigenvalue weighted by Gasteiger charge is -2.36. The molecule has 0 spiro atoms. The van der Waals surface area contributed by atoms with E-state index in [4.69, 9.17) is 0 Å². The van der Waals surface area contributed by atoms with Gasteiger partial charge in [0.1, 0.15) is 0 Å². The molecule has 5 heteroatoms. The second-order valence-corrected chi connectivity index (χ2v) is 8.19. The van der Waals surface area contributed by atoms with Gasteiger partial charge in [0, 0.05) is 44.8 Å². The quantitative estimate of drug-likeness (QED) is 0.719. The van der Waals surface area contributed by atoms with Crippen molar-refractivity contribution in [2.75, 3.05) is 0 Å². The normalized spacial score (nSPS) is 21.2. The topological polar surface area (TPSA) is 63.2 Å². The minimum Gasteiger partial charge on any atom is -0.355 e. The van der Waals surface area contributed by atoms with Crippen LogP contribution in [0.2, 0.25) is 0 Å². The highest BCUT2D eigenvalue weighted by Gasteiger charge is 2.44. The number of hydrogen-bond donors (Lipinski definition) is 1. The molecule has 3 aliphatic rings. The van der Waals surface area contributed by atoms with E-state index in [2.05, 4.69) is 21.2 Å². The maximum Gasteiger partial charge on any atom is 0.210 e. The van der Waals surface area contributed by atoms with E-state index in [9.17, 15) is 14.4 Å². The fraction of sp³-hybridized carbons (Fsp3) is 0.174. The van der Waals surface area contributed by atoms with Crippen LogP contribution in [0, 0.1) is 0 Å². The number of dihydropyridines is 1. The zero-order valence-corrected chi connectivity index (χ0v) is 16.5. The van der Waals surface area contributed by atoms with E-state index in [-0.39, 0.29) is 17.3 Å². The predicted molar refractivity (Wildman–Crippen MR) is 108 cm³/mol. The first-order chi connectivity index (χ1) is 13.6. The summed E-state index contributed by atoms with van der Waals surface area (Å²) in [7, 11) is 0. The summed E-state index contributed by atoms with van der Waals surface area (Å²) in [6.45, 7) is 0. The van der Waals surface area contributed by atoms with Crippen LogP contribution in [0.4, 0.5) is 0 Å². The maximum atomic E-state index is 13.5. The molecule has 1 unspecified atom stereocenters. The third-order valence-corrected chi connectivity index (χ3v) is 6.14. The Labute approximate surface area is 170 Å². The van der Waals surface area contributed by atoms with Crippen molar-refractivity contribution in [3.05, 3.63) is 92.2 Å². The first-order valence-electron chi connectivity index (χ1n) is 9.27. The van der Waals surface area contributed by atoms with Crippen LogP contribution in [0.3, 0.4) is 0 Å². The number of hydrogen-bond acceptors (Lipinski definition) is 4. The molecule has 4 nitrogen and oxygen atoms in total. The predicted octanol–water partition coefficient (Wildman–Crippen LogP) is 4.48. The number of nitrogens with one attached hydrogen (secondary N) is 1. The highest BCUT2D eigenvalue weighted by Crippen LogP contribution is 2.45. The van der Waals surface area contributed by atoms with Crippen LogP contribution in [-0.2, 0) is 4.79 Å². The molecule has 2 aromatic rings. The van der Waals surface area contributed by atoms with Gasteiger partial charge in [-0.05, 0) is 30.5 Å². The van der Waals surface area contributed by atoms with E-state index in [0.717, 1.165) is 22.2 Å². The Hall–Kier alpha value is -2.79. The summed E-state index contributed by atoms with van der Waals surface area (Å²) in [4.78, 5) is 39.5. The third kappa shape index (κ3) is 2.46. The van der Waals surface area contributed by atoms with Gasteiger partial charge in [0.25, 0.3) is 0 Å². The Morgan fingerprint density at radius 1 is 0.857 bits per heavy atom. The van der Waals surface area contributed by atoms with Gasteiger partial charge in [-0.15, -0.1) is 0 Å². The molecule has 2 aromatic carbocycles. The standard InChI is InChI=1S/C23H16BrNO3/c24-13-6-3-5-12(11-13)18-19-16(9-4-10-17(19)26)25-21-20(18)22(27)14-7-1-2-8-15(14)23(21)28/h1-3,5-8,11,18,25H,4,9-10H2. The lowest BCUT2D eigenvalue weighted by molar-refractivity contribution is -0.116. The Kier molecular flexibility index (Phi) is 3.95. The molecular weight excluding hydrogens is 418 g/mol. The molecule has 0 amide bonds. The highest BCUT2D eigenvalue weighted by atomic mass is 79.9. The first kappa shape index (κ1) is 17.3. The summed E-state index contributed by atoms with van der Waals surface area (Å²) in [5.74, 6) is -0.854. The maximum absolute atomic E-state index is 13.5. The van der Waals surface area contributed by atoms with E-state index in [0.29, 0.717) is 40.8 Å². The molecule has 1 N–H and O–H groups in total. The zero-order valence-electron chi connectivity index (χ0n) is 14.9. The summed E-state index contributed by atoms with van der Waals surface area (Å²) >= 11 is 3.49. The number of halogens is 1. The lowest BCUT2D eigenvalue weighted by Crippen LogP contribution is -2.40. The molecule has 0 saturated heterocycles. The van der Waals surface area contributed by atoms with Crippen LogP contribution in [0.25, 0.3) is 0 Å². The van der Waals surface area contributed by atoms with E-state index >= 15 is 0 Å². The SMILES string of the molecule is O=C1CCCC2=C1C(c1cccc(Br)c1)C1=C(N2)C(=O)c2ccccc2C1=O. The van der Waals surface area contributed by atoms with E-state index in [1.54, 1.807) is 24.3 Å². The molecule has 0 saturated carbocycles. The average molecular weight is 434 g/mol. The van der Waals surface area contributed by atoms with E-state index < -0.39 is 5.92 Å². The number of benzene rings is 2. The van der Waals surface area contributed by atoms with Crippen LogP contribution >= 0.6 is 15.9 Å². The fourth-order valence-electron chi connectivity index (χ4n) is 4.44. The largest absolute Gasteiger partial charge is 0.355 e. The first-order valence-corrected chi connectivity index (χ1v) is 10.1. The lowest BCUT2D eigenvalue weighted by atomic mass is 9.70. The van der Waals surface area contributed by atoms with Crippen molar-refractivity contribution >= 4 is 33.3 Å². The summed E-state index contributed by atoms with van der Waals surface area (Å²) in [5, 5.41) is 3.18. The second kappa shape index (κ2) is 6.38. The molecular formula is C23H16BrNO3. The second-order valence-electron chi connectivity index (χ2n) is 7.27. The molecule has 0 radical (unpaired) electrons. The summed E-state index contributed by atoms with van der Waals surface area (Å²) in [6, 6.07) is 14.5. The average Bonchev–Trinajstić information content (AvgIpc) is 2.71. The molecule has 138 valence electrons. The van der Waals surface area contributed by atoms with Crippen LogP contribution < -0.4 is 5.32 Å². The van der Waals surface area contributed by atoms with Gasteiger partial charge in [0.2, 0.25) is 5.78 Å². The number of allylic oxidation sites excluding steroid dienone is 4. The van der Waals surface area contributed by atoms with Crippen molar-refractivity contribution in [3.63, 3.8) is 0 Å². The molecule has 28 heavy (non-hydrogen) atoms. The van der Waals surface area contributed by atoms with Gasteiger partial charge in [-0.3, -0.25) is 14.4 Å². The number of ketones is 3. The van der Waals surface area contributed by atoms with Crippen molar-refractivity contribution in [1.82, 2.24) is 5.32 Å². The fourth-order valence-corrected chi connectivity index (χ4v) is 4.85. The van der Waals surface area contributed by atoms with Gasteiger partial charge in [0.05, 0.1) is 5.70 Å². The van der Waals surface area contributed by atoms with Gasteiger partial charge in [-0.25, -0.2) is 0 Å². The Morgan fingerprint density at radius 3 is 2.36 bits per heavy atom. The Bertz CT molecular complexity index is 1140. The van der Waals surface area contributed by atoms with Crippen LogP contribution in [0.5, 0.6) is 0 Å². The van der Waals surface area contributed by atoms with Crippen molar-refractivity contribution < 1.29 is 14.4 Å². The van der Waals surface area contributed by atoms with Crippen molar-refractivity contribution in [1.29, 1.82) is 0 Å². The number of carbonyl (C=O) groups excluding carboxylic acids is 3. The van der Waals surface area contributed by atoms with Crippen LogP contribution in [0.1, 0.15) is 51.5 Å². The molecule has 0 fully saturated rings. The Balaban J connectivity index is 1.78. The van der Waals surface area contributed by atoms with E-state index in [1.165, 1.54) is 0 Å². The number of carbonyl (C=O) groups is 3. The van der Waals surface area contributed by atoms with Gasteiger partial charge in [-0.2, -0.15) is 0 Å². The molecule has 0 bridgehead atoms. The molecule has 2 aliphatic carbocycles.